The van der Waals surface area contributed by atoms with Crippen LogP contribution in [-0.2, 0) is 0 Å². The molecule has 3 heteroatoms. The van der Waals surface area contributed by atoms with Gasteiger partial charge in [-0.2, -0.15) is 0 Å². The van der Waals surface area contributed by atoms with Crippen LogP contribution in [0, 0.1) is 0 Å². The van der Waals surface area contributed by atoms with Crippen LogP contribution in [0.25, 0.3) is 0 Å². The fraction of sp³-hybridized carbons (Fsp3) is 1.00. The van der Waals surface area contributed by atoms with Crippen molar-refractivity contribution in [2.75, 3.05) is 27.8 Å². The third kappa shape index (κ3) is 12.3. The summed E-state index contributed by atoms with van der Waals surface area (Å²) in [6.45, 7) is 27.9. The van der Waals surface area contributed by atoms with Crippen LogP contribution in [0.5, 0.6) is 0 Å². The molecular weight excluding hydrogens is 294 g/mol. The van der Waals surface area contributed by atoms with Crippen LogP contribution in [0.3, 0.4) is 0 Å². The minimum absolute atomic E-state index is 0. The monoisotopic (exact) mass is 345 g/mol. The van der Waals surface area contributed by atoms with Crippen molar-refractivity contribution in [2.24, 2.45) is 0 Å². The fourth-order valence-electron chi connectivity index (χ4n) is 1.75. The van der Waals surface area contributed by atoms with Gasteiger partial charge in [0, 0.05) is 22.2 Å². The molecule has 0 rings (SSSR count). The van der Waals surface area contributed by atoms with Gasteiger partial charge in [-0.05, 0) is 104 Å². The SMILES string of the molecule is C.CN(C(C)(C)C)C(C)(C)C.CN(CN(C)C(C)(C)C)C(C)(C)C. The predicted molar refractivity (Wildman–Crippen MR) is 114 cm³/mol. The molecule has 0 aromatic heterocycles. The maximum atomic E-state index is 2.38. The van der Waals surface area contributed by atoms with E-state index in [1.807, 2.05) is 0 Å². The van der Waals surface area contributed by atoms with Gasteiger partial charge in [0.05, 0.1) is 6.67 Å². The van der Waals surface area contributed by atoms with Crippen molar-refractivity contribution in [3.8, 4) is 0 Å². The van der Waals surface area contributed by atoms with E-state index < -0.39 is 0 Å². The molecule has 0 bridgehead atoms. The lowest BCUT2D eigenvalue weighted by Crippen LogP contribution is -2.49. The molecule has 0 aromatic rings. The molecule has 0 heterocycles. The number of hydrogen-bond donors (Lipinski definition) is 0. The van der Waals surface area contributed by atoms with Gasteiger partial charge in [-0.1, -0.05) is 7.43 Å². The average molecular weight is 346 g/mol. The largest absolute Gasteiger partial charge is 0.297 e. The van der Waals surface area contributed by atoms with E-state index in [4.69, 9.17) is 0 Å². The Morgan fingerprint density at radius 3 is 0.750 bits per heavy atom. The zero-order valence-corrected chi connectivity index (χ0v) is 19.0. The first-order valence-electron chi connectivity index (χ1n) is 8.87. The van der Waals surface area contributed by atoms with E-state index in [-0.39, 0.29) is 29.6 Å². The summed E-state index contributed by atoms with van der Waals surface area (Å²) in [5.41, 5.74) is 1.05. The Morgan fingerprint density at radius 2 is 0.667 bits per heavy atom. The van der Waals surface area contributed by atoms with Gasteiger partial charge in [0.1, 0.15) is 0 Å². The maximum absolute atomic E-state index is 2.38. The average Bonchev–Trinajstić information content (AvgIpc) is 2.23. The van der Waals surface area contributed by atoms with Crippen molar-refractivity contribution in [1.29, 1.82) is 0 Å². The van der Waals surface area contributed by atoms with Gasteiger partial charge in [0.25, 0.3) is 0 Å². The molecule has 0 fully saturated rings. The molecule has 0 amide bonds. The van der Waals surface area contributed by atoms with Crippen molar-refractivity contribution in [1.82, 2.24) is 14.7 Å². The summed E-state index contributed by atoms with van der Waals surface area (Å²) in [7, 11) is 6.50. The van der Waals surface area contributed by atoms with Crippen molar-refractivity contribution < 1.29 is 0 Å². The molecule has 0 radical (unpaired) electrons. The Balaban J connectivity index is -0.000000364. The minimum atomic E-state index is 0. The van der Waals surface area contributed by atoms with Crippen LogP contribution >= 0.6 is 0 Å². The smallest absolute Gasteiger partial charge is 0.0510 e. The normalized spacial score (nSPS) is 13.8. The first-order chi connectivity index (χ1) is 9.70. The molecule has 0 aromatic carbocycles. The number of nitrogens with zero attached hydrogens (tertiary/aromatic N) is 3. The first-order valence-corrected chi connectivity index (χ1v) is 8.87. The van der Waals surface area contributed by atoms with E-state index >= 15 is 0 Å². The minimum Gasteiger partial charge on any atom is -0.297 e. The van der Waals surface area contributed by atoms with E-state index in [1.165, 1.54) is 0 Å². The Bertz CT molecular complexity index is 289. The molecule has 0 aliphatic heterocycles. The lowest BCUT2D eigenvalue weighted by molar-refractivity contribution is 0.0482. The molecule has 0 unspecified atom stereocenters. The zero-order valence-electron chi connectivity index (χ0n) is 19.0. The van der Waals surface area contributed by atoms with E-state index in [1.54, 1.807) is 0 Å². The number of rotatable bonds is 2. The van der Waals surface area contributed by atoms with Gasteiger partial charge < -0.3 is 0 Å². The molecule has 0 saturated carbocycles. The van der Waals surface area contributed by atoms with Gasteiger partial charge in [-0.25, -0.2) is 0 Å². The second-order valence-electron chi connectivity index (χ2n) is 10.8. The summed E-state index contributed by atoms with van der Waals surface area (Å²) < 4.78 is 0. The fourth-order valence-corrected chi connectivity index (χ4v) is 1.75. The quantitative estimate of drug-likeness (QED) is 0.607. The molecule has 0 aliphatic rings. The lowest BCUT2D eigenvalue weighted by Gasteiger charge is -2.42. The van der Waals surface area contributed by atoms with Gasteiger partial charge in [-0.15, -0.1) is 0 Å². The summed E-state index contributed by atoms with van der Waals surface area (Å²) in [6.07, 6.45) is 0. The molecule has 24 heavy (non-hydrogen) atoms. The molecule has 0 N–H and O–H groups in total. The first kappa shape index (κ1) is 28.7. The highest BCUT2D eigenvalue weighted by Crippen LogP contribution is 2.21. The van der Waals surface area contributed by atoms with E-state index in [2.05, 4.69) is 119 Å². The lowest BCUT2D eigenvalue weighted by atomic mass is 9.98. The van der Waals surface area contributed by atoms with Gasteiger partial charge in [-0.3, -0.25) is 14.7 Å². The molecule has 0 aliphatic carbocycles. The van der Waals surface area contributed by atoms with Crippen LogP contribution in [-0.4, -0.2) is 64.7 Å². The summed E-state index contributed by atoms with van der Waals surface area (Å²) in [6, 6.07) is 0. The van der Waals surface area contributed by atoms with Crippen LogP contribution in [0.1, 0.15) is 90.5 Å². The maximum Gasteiger partial charge on any atom is 0.0510 e. The summed E-state index contributed by atoms with van der Waals surface area (Å²) >= 11 is 0. The molecule has 0 saturated heterocycles. The van der Waals surface area contributed by atoms with Gasteiger partial charge >= 0.3 is 0 Å². The predicted octanol–water partition coefficient (Wildman–Crippen LogP) is 5.56. The third-order valence-electron chi connectivity index (χ3n) is 4.73. The van der Waals surface area contributed by atoms with Gasteiger partial charge in [0.2, 0.25) is 0 Å². The number of hydrogen-bond acceptors (Lipinski definition) is 3. The van der Waals surface area contributed by atoms with E-state index in [0.717, 1.165) is 6.67 Å². The zero-order chi connectivity index (χ0) is 19.4. The van der Waals surface area contributed by atoms with Crippen molar-refractivity contribution in [2.45, 2.75) is 113 Å². The highest BCUT2D eigenvalue weighted by Gasteiger charge is 2.27. The summed E-state index contributed by atoms with van der Waals surface area (Å²) in [5.74, 6) is 0. The highest BCUT2D eigenvalue weighted by atomic mass is 15.3. The Labute approximate surface area is 155 Å². The van der Waals surface area contributed by atoms with E-state index in [9.17, 15) is 0 Å². The second kappa shape index (κ2) is 9.54. The second-order valence-corrected chi connectivity index (χ2v) is 10.8. The topological polar surface area (TPSA) is 9.72 Å². The Kier molecular flexibility index (Phi) is 11.4. The van der Waals surface area contributed by atoms with Crippen molar-refractivity contribution >= 4 is 0 Å². The van der Waals surface area contributed by atoms with Crippen molar-refractivity contribution in [3.63, 3.8) is 0 Å². The molecular formula is C21H51N3. The van der Waals surface area contributed by atoms with Gasteiger partial charge in [0.15, 0.2) is 0 Å². The van der Waals surface area contributed by atoms with E-state index in [0.29, 0.717) is 0 Å². The summed E-state index contributed by atoms with van der Waals surface area (Å²) in [4.78, 5) is 7.09. The molecule has 0 spiro atoms. The molecule has 0 atom stereocenters. The van der Waals surface area contributed by atoms with Crippen LogP contribution in [0.15, 0.2) is 0 Å². The highest BCUT2D eigenvalue weighted by molar-refractivity contribution is 4.83. The van der Waals surface area contributed by atoms with Crippen LogP contribution in [0.2, 0.25) is 0 Å². The van der Waals surface area contributed by atoms with Crippen LogP contribution < -0.4 is 0 Å². The van der Waals surface area contributed by atoms with Crippen molar-refractivity contribution in [3.05, 3.63) is 0 Å². The Hall–Kier alpha value is -0.120. The Morgan fingerprint density at radius 1 is 0.458 bits per heavy atom. The molecule has 3 nitrogen and oxygen atoms in total. The molecule has 150 valence electrons. The van der Waals surface area contributed by atoms with Crippen LogP contribution in [0.4, 0.5) is 0 Å². The standard InChI is InChI=1S/C11H26N2.C9H21N.CH4/c1-10(2,3)12(7)9-13(8)11(4,5)6;1-8(2,3)10(7)9(4,5)6;/h9H2,1-8H3;1-7H3;1H4. The third-order valence-corrected chi connectivity index (χ3v) is 4.73. The summed E-state index contributed by atoms with van der Waals surface area (Å²) in [5, 5.41) is 0.